The molecule has 1 rings (SSSR count). The molecule has 0 radical (unpaired) electrons. The molecule has 0 bridgehead atoms. The SMILES string of the molecule is CC(=O)NCCOc1ccc(I)cc1. The molecule has 0 aliphatic carbocycles. The summed E-state index contributed by atoms with van der Waals surface area (Å²) in [6.45, 7) is 2.53. The first-order valence-electron chi connectivity index (χ1n) is 4.31. The van der Waals surface area contributed by atoms with Crippen molar-refractivity contribution in [2.75, 3.05) is 13.2 Å². The Morgan fingerprint density at radius 3 is 2.64 bits per heavy atom. The molecule has 4 heteroatoms. The van der Waals surface area contributed by atoms with Gasteiger partial charge in [-0.3, -0.25) is 4.79 Å². The highest BCUT2D eigenvalue weighted by molar-refractivity contribution is 14.1. The fourth-order valence-electron chi connectivity index (χ4n) is 0.927. The normalized spacial score (nSPS) is 9.57. The summed E-state index contributed by atoms with van der Waals surface area (Å²) in [6, 6.07) is 7.79. The molecule has 3 nitrogen and oxygen atoms in total. The maximum Gasteiger partial charge on any atom is 0.216 e. The number of benzene rings is 1. The van der Waals surface area contributed by atoms with E-state index in [0.717, 1.165) is 5.75 Å². The largest absolute Gasteiger partial charge is 0.492 e. The van der Waals surface area contributed by atoms with Crippen LogP contribution in [-0.4, -0.2) is 19.1 Å². The highest BCUT2D eigenvalue weighted by Gasteiger charge is 1.94. The monoisotopic (exact) mass is 305 g/mol. The van der Waals surface area contributed by atoms with E-state index in [9.17, 15) is 4.79 Å². The molecule has 0 saturated heterocycles. The second-order valence-electron chi connectivity index (χ2n) is 2.79. The predicted octanol–water partition coefficient (Wildman–Crippen LogP) is 1.81. The number of ether oxygens (including phenoxy) is 1. The number of nitrogens with one attached hydrogen (secondary N) is 1. The molecule has 1 aromatic carbocycles. The van der Waals surface area contributed by atoms with Gasteiger partial charge >= 0.3 is 0 Å². The van der Waals surface area contributed by atoms with Crippen molar-refractivity contribution in [3.63, 3.8) is 0 Å². The highest BCUT2D eigenvalue weighted by atomic mass is 127. The zero-order chi connectivity index (χ0) is 10.4. The zero-order valence-electron chi connectivity index (χ0n) is 7.92. The molecule has 1 amide bonds. The van der Waals surface area contributed by atoms with Crippen LogP contribution < -0.4 is 10.1 Å². The van der Waals surface area contributed by atoms with Gasteiger partial charge in [0.2, 0.25) is 5.91 Å². The third kappa shape index (κ3) is 4.45. The summed E-state index contributed by atoms with van der Waals surface area (Å²) in [5.74, 6) is 0.798. The first-order valence-corrected chi connectivity index (χ1v) is 5.39. The van der Waals surface area contributed by atoms with Gasteiger partial charge in [-0.25, -0.2) is 0 Å². The second-order valence-corrected chi connectivity index (χ2v) is 4.03. The van der Waals surface area contributed by atoms with Gasteiger partial charge in [-0.15, -0.1) is 0 Å². The topological polar surface area (TPSA) is 38.3 Å². The Balaban J connectivity index is 2.25. The summed E-state index contributed by atoms with van der Waals surface area (Å²) in [5, 5.41) is 2.66. The van der Waals surface area contributed by atoms with E-state index in [1.807, 2.05) is 24.3 Å². The summed E-state index contributed by atoms with van der Waals surface area (Å²) in [7, 11) is 0. The lowest BCUT2D eigenvalue weighted by atomic mass is 10.3. The standard InChI is InChI=1S/C10H12INO2/c1-8(13)12-6-7-14-10-4-2-9(11)3-5-10/h2-5H,6-7H2,1H3,(H,12,13). The predicted molar refractivity (Wildman–Crippen MR) is 63.3 cm³/mol. The quantitative estimate of drug-likeness (QED) is 0.680. The number of carbonyl (C=O) groups excluding carboxylic acids is 1. The fraction of sp³-hybridized carbons (Fsp3) is 0.300. The molecule has 0 aliphatic rings. The smallest absolute Gasteiger partial charge is 0.216 e. The van der Waals surface area contributed by atoms with Gasteiger partial charge in [0, 0.05) is 10.5 Å². The van der Waals surface area contributed by atoms with Crippen molar-refractivity contribution in [3.05, 3.63) is 27.8 Å². The van der Waals surface area contributed by atoms with Crippen LogP contribution in [-0.2, 0) is 4.79 Å². The third-order valence-corrected chi connectivity index (χ3v) is 2.28. The van der Waals surface area contributed by atoms with E-state index in [0.29, 0.717) is 13.2 Å². The Hall–Kier alpha value is -0.780. The molecule has 0 aliphatic heterocycles. The van der Waals surface area contributed by atoms with Crippen molar-refractivity contribution < 1.29 is 9.53 Å². The molecule has 1 N–H and O–H groups in total. The lowest BCUT2D eigenvalue weighted by Gasteiger charge is -2.06. The Morgan fingerprint density at radius 2 is 2.07 bits per heavy atom. The van der Waals surface area contributed by atoms with Crippen LogP contribution in [0.5, 0.6) is 5.75 Å². The summed E-state index contributed by atoms with van der Waals surface area (Å²) >= 11 is 2.24. The van der Waals surface area contributed by atoms with Crippen LogP contribution in [0.15, 0.2) is 24.3 Å². The lowest BCUT2D eigenvalue weighted by Crippen LogP contribution is -2.25. The average molecular weight is 305 g/mol. The molecule has 0 spiro atoms. The third-order valence-electron chi connectivity index (χ3n) is 1.56. The van der Waals surface area contributed by atoms with Gasteiger partial charge in [-0.2, -0.15) is 0 Å². The van der Waals surface area contributed by atoms with Gasteiger partial charge in [0.25, 0.3) is 0 Å². The van der Waals surface area contributed by atoms with Crippen LogP contribution in [0.25, 0.3) is 0 Å². The maximum atomic E-state index is 10.5. The Bertz CT molecular complexity index is 297. The molecule has 0 unspecified atom stereocenters. The molecule has 0 heterocycles. The number of amides is 1. The van der Waals surface area contributed by atoms with E-state index >= 15 is 0 Å². The van der Waals surface area contributed by atoms with Gasteiger partial charge in [0.15, 0.2) is 0 Å². The van der Waals surface area contributed by atoms with Crippen LogP contribution in [0.2, 0.25) is 0 Å². The molecule has 0 saturated carbocycles. The Labute approximate surface area is 97.0 Å². The van der Waals surface area contributed by atoms with Crippen molar-refractivity contribution >= 4 is 28.5 Å². The molecule has 0 atom stereocenters. The second kappa shape index (κ2) is 5.85. The van der Waals surface area contributed by atoms with E-state index in [2.05, 4.69) is 27.9 Å². The van der Waals surface area contributed by atoms with E-state index in [1.165, 1.54) is 10.5 Å². The van der Waals surface area contributed by atoms with Crippen LogP contribution >= 0.6 is 22.6 Å². The summed E-state index contributed by atoms with van der Waals surface area (Å²) in [5.41, 5.74) is 0. The molecule has 1 aromatic rings. The van der Waals surface area contributed by atoms with Crippen LogP contribution in [0.1, 0.15) is 6.92 Å². The van der Waals surface area contributed by atoms with E-state index in [4.69, 9.17) is 4.74 Å². The van der Waals surface area contributed by atoms with Crippen molar-refractivity contribution in [3.8, 4) is 5.75 Å². The molecular formula is C10H12INO2. The summed E-state index contributed by atoms with van der Waals surface area (Å²) < 4.78 is 6.57. The number of halogens is 1. The van der Waals surface area contributed by atoms with Gasteiger partial charge in [0.05, 0.1) is 6.54 Å². The number of hydrogen-bond donors (Lipinski definition) is 1. The van der Waals surface area contributed by atoms with Gasteiger partial charge in [-0.05, 0) is 46.9 Å². The molecule has 76 valence electrons. The minimum Gasteiger partial charge on any atom is -0.492 e. The minimum absolute atomic E-state index is 0.0313. The van der Waals surface area contributed by atoms with E-state index < -0.39 is 0 Å². The van der Waals surface area contributed by atoms with Gasteiger partial charge in [0.1, 0.15) is 12.4 Å². The van der Waals surface area contributed by atoms with Gasteiger partial charge < -0.3 is 10.1 Å². The molecule has 14 heavy (non-hydrogen) atoms. The zero-order valence-corrected chi connectivity index (χ0v) is 10.1. The summed E-state index contributed by atoms with van der Waals surface area (Å²) in [6.07, 6.45) is 0. The molecule has 0 aromatic heterocycles. The molecular weight excluding hydrogens is 293 g/mol. The number of hydrogen-bond acceptors (Lipinski definition) is 2. The first-order chi connectivity index (χ1) is 6.68. The van der Waals surface area contributed by atoms with Crippen LogP contribution in [0.3, 0.4) is 0 Å². The molecule has 0 fully saturated rings. The number of carbonyl (C=O) groups is 1. The fourth-order valence-corrected chi connectivity index (χ4v) is 1.29. The van der Waals surface area contributed by atoms with Gasteiger partial charge in [-0.1, -0.05) is 0 Å². The maximum absolute atomic E-state index is 10.5. The minimum atomic E-state index is -0.0313. The first kappa shape index (κ1) is 11.3. The van der Waals surface area contributed by atoms with Crippen molar-refractivity contribution in [1.29, 1.82) is 0 Å². The lowest BCUT2D eigenvalue weighted by molar-refractivity contribution is -0.119. The number of rotatable bonds is 4. The van der Waals surface area contributed by atoms with Crippen molar-refractivity contribution in [2.45, 2.75) is 6.92 Å². The van der Waals surface area contributed by atoms with Crippen LogP contribution in [0.4, 0.5) is 0 Å². The highest BCUT2D eigenvalue weighted by Crippen LogP contribution is 2.12. The van der Waals surface area contributed by atoms with Crippen molar-refractivity contribution in [2.24, 2.45) is 0 Å². The van der Waals surface area contributed by atoms with Crippen LogP contribution in [0, 0.1) is 3.57 Å². The van der Waals surface area contributed by atoms with E-state index in [1.54, 1.807) is 0 Å². The Morgan fingerprint density at radius 1 is 1.43 bits per heavy atom. The summed E-state index contributed by atoms with van der Waals surface area (Å²) in [4.78, 5) is 10.5. The average Bonchev–Trinajstić information content (AvgIpc) is 2.15. The van der Waals surface area contributed by atoms with Crippen molar-refractivity contribution in [1.82, 2.24) is 5.32 Å². The van der Waals surface area contributed by atoms with E-state index in [-0.39, 0.29) is 5.91 Å². The Kier molecular flexibility index (Phi) is 4.72.